The van der Waals surface area contributed by atoms with Gasteiger partial charge in [-0.15, -0.1) is 0 Å². The van der Waals surface area contributed by atoms with Crippen molar-refractivity contribution in [3.05, 3.63) is 0 Å². The number of hydrogen-bond acceptors (Lipinski definition) is 1. The fourth-order valence-corrected chi connectivity index (χ4v) is 5.03. The van der Waals surface area contributed by atoms with E-state index in [9.17, 15) is 0 Å². The summed E-state index contributed by atoms with van der Waals surface area (Å²) in [4.78, 5) is 0. The largest absolute Gasteiger partial charge is 0.313 e. The number of nitrogens with one attached hydrogen (secondary N) is 1. The Balaban J connectivity index is 2.31. The van der Waals surface area contributed by atoms with Gasteiger partial charge >= 0.3 is 0 Å². The Bertz CT molecular complexity index is 240. The van der Waals surface area contributed by atoms with Crippen molar-refractivity contribution in [1.29, 1.82) is 5.41 Å². The van der Waals surface area contributed by atoms with E-state index in [0.717, 1.165) is 15.8 Å². The highest BCUT2D eigenvalue weighted by Crippen LogP contribution is 2.60. The summed E-state index contributed by atoms with van der Waals surface area (Å²) in [6.45, 7) is 4.77. The molecule has 0 aromatic carbocycles. The summed E-state index contributed by atoms with van der Waals surface area (Å²) >= 11 is 2.65. The van der Waals surface area contributed by atoms with E-state index in [1.165, 1.54) is 25.7 Å². The van der Waals surface area contributed by atoms with Crippen molar-refractivity contribution in [2.24, 2.45) is 23.2 Å². The van der Waals surface area contributed by atoms with Gasteiger partial charge in [-0.1, -0.05) is 42.9 Å². The Morgan fingerprint density at radius 1 is 1.50 bits per heavy atom. The molecule has 2 saturated carbocycles. The van der Waals surface area contributed by atoms with E-state index in [0.29, 0.717) is 11.3 Å². The smallest absolute Gasteiger partial charge is 0.0166 e. The van der Waals surface area contributed by atoms with E-state index < -0.39 is 0 Å². The Morgan fingerprint density at radius 2 is 2.21 bits per heavy atom. The van der Waals surface area contributed by atoms with Crippen molar-refractivity contribution < 1.29 is 0 Å². The highest BCUT2D eigenvalue weighted by molar-refractivity contribution is 14.1. The van der Waals surface area contributed by atoms with Gasteiger partial charge in [0.05, 0.1) is 0 Å². The van der Waals surface area contributed by atoms with Crippen LogP contribution in [0.15, 0.2) is 0 Å². The number of halogens is 1. The van der Waals surface area contributed by atoms with E-state index in [4.69, 9.17) is 5.41 Å². The summed E-state index contributed by atoms with van der Waals surface area (Å²) in [7, 11) is 0. The highest BCUT2D eigenvalue weighted by Gasteiger charge is 2.54. The molecule has 5 unspecified atom stereocenters. The Kier molecular flexibility index (Phi) is 2.93. The molecule has 80 valence electrons. The molecule has 14 heavy (non-hydrogen) atoms. The molecule has 0 aromatic rings. The molecule has 2 aliphatic carbocycles. The van der Waals surface area contributed by atoms with Crippen LogP contribution in [0.1, 0.15) is 39.5 Å². The zero-order chi connectivity index (χ0) is 10.3. The molecule has 2 fully saturated rings. The maximum atomic E-state index is 7.61. The Morgan fingerprint density at radius 3 is 2.79 bits per heavy atom. The standard InChI is InChI=1S/C12H20IN/c1-3-10-9(7-14)8-4-5-11(13)12(10,2)6-8/h7-11,14H,3-6H2,1-2H3. The maximum Gasteiger partial charge on any atom is 0.0166 e. The summed E-state index contributed by atoms with van der Waals surface area (Å²) in [5.74, 6) is 2.19. The first-order chi connectivity index (χ1) is 6.63. The van der Waals surface area contributed by atoms with Gasteiger partial charge < -0.3 is 5.41 Å². The van der Waals surface area contributed by atoms with Crippen LogP contribution in [0, 0.1) is 28.6 Å². The number of hydrogen-bond donors (Lipinski definition) is 1. The van der Waals surface area contributed by atoms with E-state index in [-0.39, 0.29) is 0 Å². The average molecular weight is 305 g/mol. The van der Waals surface area contributed by atoms with Crippen LogP contribution < -0.4 is 0 Å². The SMILES string of the molecule is CCC1C(C=N)C2CCC(I)C1(C)C2. The van der Waals surface area contributed by atoms with Gasteiger partial charge in [-0.2, -0.15) is 0 Å². The quantitative estimate of drug-likeness (QED) is 0.454. The van der Waals surface area contributed by atoms with Crippen LogP contribution >= 0.6 is 22.6 Å². The summed E-state index contributed by atoms with van der Waals surface area (Å²) in [5, 5.41) is 7.61. The van der Waals surface area contributed by atoms with E-state index in [1.807, 2.05) is 0 Å². The molecule has 1 N–H and O–H groups in total. The van der Waals surface area contributed by atoms with E-state index >= 15 is 0 Å². The highest BCUT2D eigenvalue weighted by atomic mass is 127. The molecular weight excluding hydrogens is 285 g/mol. The second-order valence-corrected chi connectivity index (χ2v) is 6.78. The Labute approximate surface area is 101 Å². The summed E-state index contributed by atoms with van der Waals surface area (Å²) in [5.41, 5.74) is 0.528. The van der Waals surface area contributed by atoms with Gasteiger partial charge in [0.1, 0.15) is 0 Å². The molecule has 2 bridgehead atoms. The van der Waals surface area contributed by atoms with Gasteiger partial charge in [-0.25, -0.2) is 0 Å². The maximum absolute atomic E-state index is 7.61. The molecule has 0 aromatic heterocycles. The normalized spacial score (nSPS) is 51.9. The van der Waals surface area contributed by atoms with Crippen molar-refractivity contribution in [2.75, 3.05) is 0 Å². The molecule has 5 atom stereocenters. The minimum atomic E-state index is 0.528. The van der Waals surface area contributed by atoms with Crippen LogP contribution in [0.25, 0.3) is 0 Å². The summed E-state index contributed by atoms with van der Waals surface area (Å²) < 4.78 is 0.839. The van der Waals surface area contributed by atoms with E-state index in [2.05, 4.69) is 36.4 Å². The van der Waals surface area contributed by atoms with Crippen molar-refractivity contribution >= 4 is 28.8 Å². The lowest BCUT2D eigenvalue weighted by Crippen LogP contribution is -2.34. The number of alkyl halides is 1. The first kappa shape index (κ1) is 10.9. The number of fused-ring (bicyclic) bond motifs is 2. The van der Waals surface area contributed by atoms with Crippen molar-refractivity contribution in [3.63, 3.8) is 0 Å². The predicted octanol–water partition coefficient (Wildman–Crippen LogP) is 3.90. The van der Waals surface area contributed by atoms with Crippen molar-refractivity contribution in [3.8, 4) is 0 Å². The van der Waals surface area contributed by atoms with Crippen LogP contribution in [0.3, 0.4) is 0 Å². The van der Waals surface area contributed by atoms with Crippen LogP contribution in [0.2, 0.25) is 0 Å². The third kappa shape index (κ3) is 1.36. The molecule has 0 saturated heterocycles. The third-order valence-electron chi connectivity index (χ3n) is 4.70. The summed E-state index contributed by atoms with van der Waals surface area (Å²) in [6.07, 6.45) is 7.12. The lowest BCUT2D eigenvalue weighted by Gasteiger charge is -2.38. The molecule has 2 rings (SSSR count). The van der Waals surface area contributed by atoms with Crippen molar-refractivity contribution in [1.82, 2.24) is 0 Å². The van der Waals surface area contributed by atoms with Gasteiger partial charge in [0.15, 0.2) is 0 Å². The molecule has 2 heteroatoms. The zero-order valence-electron chi connectivity index (χ0n) is 9.09. The lowest BCUT2D eigenvalue weighted by atomic mass is 9.72. The van der Waals surface area contributed by atoms with Crippen molar-refractivity contribution in [2.45, 2.75) is 43.5 Å². The molecule has 0 heterocycles. The van der Waals surface area contributed by atoms with Crippen LogP contribution in [-0.2, 0) is 0 Å². The molecule has 0 amide bonds. The first-order valence-electron chi connectivity index (χ1n) is 5.78. The molecular formula is C12H20IN. The van der Waals surface area contributed by atoms with Gasteiger partial charge in [-0.05, 0) is 48.6 Å². The molecule has 2 aliphatic rings. The molecule has 1 nitrogen and oxygen atoms in total. The predicted molar refractivity (Wildman–Crippen MR) is 69.3 cm³/mol. The zero-order valence-corrected chi connectivity index (χ0v) is 11.3. The van der Waals surface area contributed by atoms with Crippen LogP contribution in [-0.4, -0.2) is 10.1 Å². The monoisotopic (exact) mass is 305 g/mol. The minimum Gasteiger partial charge on any atom is -0.313 e. The average Bonchev–Trinajstić information content (AvgIpc) is 2.42. The Hall–Kier alpha value is 0.400. The second-order valence-electron chi connectivity index (χ2n) is 5.27. The van der Waals surface area contributed by atoms with Crippen LogP contribution in [0.4, 0.5) is 0 Å². The fraction of sp³-hybridized carbons (Fsp3) is 0.917. The lowest BCUT2D eigenvalue weighted by molar-refractivity contribution is 0.192. The van der Waals surface area contributed by atoms with Gasteiger partial charge in [0.2, 0.25) is 0 Å². The van der Waals surface area contributed by atoms with Crippen LogP contribution in [0.5, 0.6) is 0 Å². The topological polar surface area (TPSA) is 23.9 Å². The molecule has 0 aliphatic heterocycles. The van der Waals surface area contributed by atoms with Gasteiger partial charge in [0.25, 0.3) is 0 Å². The van der Waals surface area contributed by atoms with Gasteiger partial charge in [0, 0.05) is 3.92 Å². The minimum absolute atomic E-state index is 0.528. The summed E-state index contributed by atoms with van der Waals surface area (Å²) in [6, 6.07) is 0. The second kappa shape index (κ2) is 3.76. The number of rotatable bonds is 2. The van der Waals surface area contributed by atoms with E-state index in [1.54, 1.807) is 6.21 Å². The van der Waals surface area contributed by atoms with Gasteiger partial charge in [-0.3, -0.25) is 0 Å². The fourth-order valence-electron chi connectivity index (χ4n) is 3.96. The molecule has 0 radical (unpaired) electrons. The molecule has 0 spiro atoms. The first-order valence-corrected chi connectivity index (χ1v) is 7.02. The third-order valence-corrected chi connectivity index (χ3v) is 6.74.